The van der Waals surface area contributed by atoms with Crippen molar-refractivity contribution < 1.29 is 44.8 Å². The fourth-order valence-corrected chi connectivity index (χ4v) is 0. The van der Waals surface area contributed by atoms with Crippen molar-refractivity contribution in [3.8, 4) is 0 Å². The molecule has 4 heavy (non-hydrogen) atoms. The van der Waals surface area contributed by atoms with E-state index in [1.165, 1.54) is 0 Å². The summed E-state index contributed by atoms with van der Waals surface area (Å²) in [5.41, 5.74) is 0. The van der Waals surface area contributed by atoms with Crippen LogP contribution in [0.15, 0.2) is 0 Å². The normalized spacial score (nSPS) is 0. The van der Waals surface area contributed by atoms with Gasteiger partial charge in [-0.2, -0.15) is 0 Å². The molecule has 0 aromatic carbocycles. The van der Waals surface area contributed by atoms with Crippen LogP contribution in [0.4, 0.5) is 0 Å². The maximum Gasteiger partial charge on any atom is 0 e. The molecule has 0 saturated carbocycles. The summed E-state index contributed by atoms with van der Waals surface area (Å²) in [6.07, 6.45) is 0. The summed E-state index contributed by atoms with van der Waals surface area (Å²) < 4.78 is 0. The first-order valence-electron chi connectivity index (χ1n) is 0. The van der Waals surface area contributed by atoms with E-state index in [1.54, 1.807) is 0 Å². The fourth-order valence-electron chi connectivity index (χ4n) is 0. The zero-order valence-electron chi connectivity index (χ0n) is 1.60. The van der Waals surface area contributed by atoms with Gasteiger partial charge >= 0.3 is 0 Å². The molecule has 0 aliphatic carbocycles. The van der Waals surface area contributed by atoms with Crippen LogP contribution in [0.1, 0.15) is 0 Å². The van der Waals surface area contributed by atoms with E-state index in [1.807, 2.05) is 0 Å². The van der Waals surface area contributed by atoms with Gasteiger partial charge in [0.05, 0.1) is 0 Å². The van der Waals surface area contributed by atoms with Crippen molar-refractivity contribution in [3.63, 3.8) is 0 Å². The van der Waals surface area contributed by atoms with Crippen molar-refractivity contribution in [3.05, 3.63) is 0 Å². The molecule has 30 valence electrons. The second-order valence-corrected chi connectivity index (χ2v) is 0. The molecular formula is AgAuPbSn. The molecule has 0 bridgehead atoms. The first-order valence-corrected chi connectivity index (χ1v) is 0. The van der Waals surface area contributed by atoms with E-state index in [4.69, 9.17) is 0 Å². The minimum absolute atomic E-state index is 0. The van der Waals surface area contributed by atoms with Gasteiger partial charge in [-0.05, 0) is 0 Å². The van der Waals surface area contributed by atoms with Crippen LogP contribution in [0, 0.1) is 0 Å². The maximum atomic E-state index is 0. The van der Waals surface area contributed by atoms with E-state index in [9.17, 15) is 0 Å². The molecule has 0 spiro atoms. The molecule has 0 aromatic heterocycles. The van der Waals surface area contributed by atoms with Gasteiger partial charge in [0.1, 0.15) is 0 Å². The summed E-state index contributed by atoms with van der Waals surface area (Å²) in [6, 6.07) is 0. The molecule has 0 amide bonds. The standard InChI is InChI=1S/Ag.Au.Pb.Sn. The zero-order chi connectivity index (χ0) is 0. The molecule has 0 N–H and O–H groups in total. The van der Waals surface area contributed by atoms with E-state index in [2.05, 4.69) is 0 Å². The van der Waals surface area contributed by atoms with Crippen LogP contribution in [0.3, 0.4) is 0 Å². The SMILES string of the molecule is [Ag].[Au].[Pb].[Sn]. The van der Waals surface area contributed by atoms with E-state index in [-0.39, 0.29) is 96.0 Å². The quantitative estimate of drug-likeness (QED) is 0.309. The summed E-state index contributed by atoms with van der Waals surface area (Å²) in [5.74, 6) is 0. The van der Waals surface area contributed by atoms with Crippen molar-refractivity contribution in [1.82, 2.24) is 0 Å². The van der Waals surface area contributed by atoms with E-state index >= 15 is 0 Å². The predicted molar refractivity (Wildman–Crippen MR) is 11.5 cm³/mol. The Bertz CT molecular complexity index is 8.00. The first-order chi connectivity index (χ1) is 0. The largest absolute Gasteiger partial charge is 0 e. The Kier molecular flexibility index (Phi) is 111. The van der Waals surface area contributed by atoms with Crippen LogP contribution in [-0.4, -0.2) is 51.2 Å². The van der Waals surface area contributed by atoms with E-state index in [0.29, 0.717) is 0 Å². The Labute approximate surface area is 94.0 Å². The smallest absolute Gasteiger partial charge is 0 e. The summed E-state index contributed by atoms with van der Waals surface area (Å²) in [6.45, 7) is 0. The van der Waals surface area contributed by atoms with Gasteiger partial charge in [0.25, 0.3) is 0 Å². The maximum absolute atomic E-state index is 0. The Hall–Kier alpha value is 3.20. The van der Waals surface area contributed by atoms with Crippen molar-refractivity contribution in [2.45, 2.75) is 0 Å². The number of hydrogen-bond donors (Lipinski definition) is 0. The molecule has 0 atom stereocenters. The molecule has 0 rings (SSSR count). The number of rotatable bonds is 0. The monoisotopic (exact) mass is 632 g/mol. The molecule has 0 aliphatic heterocycles. The molecule has 0 fully saturated rings. The van der Waals surface area contributed by atoms with Gasteiger partial charge < -0.3 is 0 Å². The average molecular weight is 631 g/mol. The molecule has 0 heterocycles. The second kappa shape index (κ2) is 16.4. The molecular weight excluding hydrogens is 631 g/mol. The van der Waals surface area contributed by atoms with Crippen LogP contribution < -0.4 is 0 Å². The Morgan fingerprint density at radius 3 is 1.00 bits per heavy atom. The van der Waals surface area contributed by atoms with Crippen LogP contribution in [0.2, 0.25) is 0 Å². The average Bonchev–Trinajstić information content (AvgIpc) is 0. The zero-order valence-corrected chi connectivity index (χ0v) is 12.0. The van der Waals surface area contributed by atoms with Gasteiger partial charge in [0, 0.05) is 96.0 Å². The van der Waals surface area contributed by atoms with Gasteiger partial charge in [-0.25, -0.2) is 0 Å². The van der Waals surface area contributed by atoms with Crippen molar-refractivity contribution in [2.24, 2.45) is 0 Å². The van der Waals surface area contributed by atoms with E-state index in [0.717, 1.165) is 0 Å². The molecule has 0 unspecified atom stereocenters. The summed E-state index contributed by atoms with van der Waals surface area (Å²) in [4.78, 5) is 0. The van der Waals surface area contributed by atoms with Crippen molar-refractivity contribution in [2.75, 3.05) is 0 Å². The van der Waals surface area contributed by atoms with Gasteiger partial charge in [-0.15, -0.1) is 0 Å². The molecule has 4 heteroatoms. The van der Waals surface area contributed by atoms with Crippen LogP contribution in [0.5, 0.6) is 0 Å². The number of hydrogen-bond acceptors (Lipinski definition) is 0. The van der Waals surface area contributed by atoms with Crippen molar-refractivity contribution >= 4 is 51.2 Å². The third kappa shape index (κ3) is 8.96. The molecule has 0 aliphatic rings. The predicted octanol–water partition coefficient (Wildman–Crippen LogP) is -0.767. The molecule has 0 nitrogen and oxygen atoms in total. The van der Waals surface area contributed by atoms with Crippen LogP contribution in [-0.2, 0) is 44.8 Å². The van der Waals surface area contributed by atoms with E-state index < -0.39 is 0 Å². The third-order valence-electron chi connectivity index (χ3n) is 0. The van der Waals surface area contributed by atoms with Crippen LogP contribution in [0.25, 0.3) is 0 Å². The topological polar surface area (TPSA) is 0 Å². The summed E-state index contributed by atoms with van der Waals surface area (Å²) >= 11 is 0. The molecule has 10 radical (unpaired) electrons. The Morgan fingerprint density at radius 2 is 1.00 bits per heavy atom. The van der Waals surface area contributed by atoms with Crippen molar-refractivity contribution in [1.29, 1.82) is 0 Å². The Balaban J connectivity index is 0. The first kappa shape index (κ1) is 27.0. The summed E-state index contributed by atoms with van der Waals surface area (Å²) in [7, 11) is 0. The van der Waals surface area contributed by atoms with Gasteiger partial charge in [0.15, 0.2) is 0 Å². The minimum atomic E-state index is 0. The summed E-state index contributed by atoms with van der Waals surface area (Å²) in [5, 5.41) is 0. The van der Waals surface area contributed by atoms with Gasteiger partial charge in [0.2, 0.25) is 0 Å². The Morgan fingerprint density at radius 1 is 1.00 bits per heavy atom. The second-order valence-electron chi connectivity index (χ2n) is 0. The van der Waals surface area contributed by atoms with Gasteiger partial charge in [-0.1, -0.05) is 0 Å². The third-order valence-corrected chi connectivity index (χ3v) is 0. The molecule has 0 saturated heterocycles. The van der Waals surface area contributed by atoms with Gasteiger partial charge in [-0.3, -0.25) is 0 Å². The minimum Gasteiger partial charge on any atom is 0 e. The molecule has 0 aromatic rings. The van der Waals surface area contributed by atoms with Crippen LogP contribution >= 0.6 is 0 Å². The fraction of sp³-hybridized carbons (Fsp3) is 0.